The molecule has 0 aromatic heterocycles. The number of carboxylic acids is 2. The summed E-state index contributed by atoms with van der Waals surface area (Å²) in [6, 6.07) is 5.42. The molecule has 7 nitrogen and oxygen atoms in total. The van der Waals surface area contributed by atoms with Gasteiger partial charge in [0.25, 0.3) is 0 Å². The SMILES string of the molecule is CC(C)(N)C(=O)O.NC(Cc1ccc(O)cc1)C(=O)O. The number of nitrogens with two attached hydrogens (primary N) is 2. The number of phenols is 1. The molecule has 0 spiro atoms. The lowest BCUT2D eigenvalue weighted by atomic mass is 10.1. The molecule has 0 aliphatic heterocycles. The molecule has 1 unspecified atom stereocenters. The zero-order valence-electron chi connectivity index (χ0n) is 11.4. The van der Waals surface area contributed by atoms with Crippen LogP contribution in [0.3, 0.4) is 0 Å². The van der Waals surface area contributed by atoms with Gasteiger partial charge in [0.05, 0.1) is 0 Å². The fourth-order valence-electron chi connectivity index (χ4n) is 0.973. The highest BCUT2D eigenvalue weighted by molar-refractivity contribution is 5.77. The van der Waals surface area contributed by atoms with E-state index in [2.05, 4.69) is 0 Å². The van der Waals surface area contributed by atoms with Crippen LogP contribution in [-0.4, -0.2) is 38.8 Å². The van der Waals surface area contributed by atoms with E-state index in [1.807, 2.05) is 0 Å². The van der Waals surface area contributed by atoms with E-state index in [4.69, 9.17) is 26.8 Å². The largest absolute Gasteiger partial charge is 0.508 e. The molecule has 7 heteroatoms. The van der Waals surface area contributed by atoms with Gasteiger partial charge in [-0.3, -0.25) is 9.59 Å². The third kappa shape index (κ3) is 7.34. The number of hydrogen-bond donors (Lipinski definition) is 5. The molecular weight excluding hydrogens is 264 g/mol. The molecule has 0 aliphatic rings. The highest BCUT2D eigenvalue weighted by Crippen LogP contribution is 2.10. The van der Waals surface area contributed by atoms with E-state index in [0.717, 1.165) is 5.56 Å². The summed E-state index contributed by atoms with van der Waals surface area (Å²) in [5.41, 5.74) is 10.1. The third-order valence-corrected chi connectivity index (χ3v) is 2.26. The van der Waals surface area contributed by atoms with Gasteiger partial charge in [0.1, 0.15) is 17.3 Å². The number of carboxylic acid groups (broad SMARTS) is 2. The molecule has 1 rings (SSSR count). The van der Waals surface area contributed by atoms with Crippen LogP contribution < -0.4 is 11.5 Å². The highest BCUT2D eigenvalue weighted by Gasteiger charge is 2.19. The summed E-state index contributed by atoms with van der Waals surface area (Å²) in [6.07, 6.45) is 0.273. The Morgan fingerprint density at radius 1 is 1.20 bits per heavy atom. The molecule has 7 N–H and O–H groups in total. The van der Waals surface area contributed by atoms with Crippen LogP contribution in [0, 0.1) is 0 Å². The molecule has 0 heterocycles. The van der Waals surface area contributed by atoms with Crippen LogP contribution in [0.4, 0.5) is 0 Å². The average molecular weight is 284 g/mol. The molecule has 1 aromatic rings. The predicted octanol–water partition coefficient (Wildman–Crippen LogP) is 0.155. The molecule has 0 aliphatic carbocycles. The molecule has 1 atom stereocenters. The summed E-state index contributed by atoms with van der Waals surface area (Å²) in [5.74, 6) is -1.84. The molecule has 0 radical (unpaired) electrons. The Labute approximate surface area is 116 Å². The standard InChI is InChI=1S/C9H11NO3.C4H9NO2/c10-8(9(12)13)5-6-1-3-7(11)4-2-6;1-4(2,5)3(6)7/h1-4,8,11H,5,10H2,(H,12,13);5H2,1-2H3,(H,6,7). The van der Waals surface area contributed by atoms with Gasteiger partial charge in [-0.15, -0.1) is 0 Å². The Bertz CT molecular complexity index is 451. The van der Waals surface area contributed by atoms with E-state index in [9.17, 15) is 9.59 Å². The Balaban J connectivity index is 0.000000441. The van der Waals surface area contributed by atoms with Crippen molar-refractivity contribution >= 4 is 11.9 Å². The zero-order chi connectivity index (χ0) is 15.9. The van der Waals surface area contributed by atoms with Crippen molar-refractivity contribution < 1.29 is 24.9 Å². The van der Waals surface area contributed by atoms with Crippen LogP contribution in [-0.2, 0) is 16.0 Å². The average Bonchev–Trinajstić information content (AvgIpc) is 2.31. The molecule has 0 fully saturated rings. The van der Waals surface area contributed by atoms with Gasteiger partial charge in [-0.1, -0.05) is 12.1 Å². The van der Waals surface area contributed by atoms with Crippen LogP contribution in [0.2, 0.25) is 0 Å². The molecular formula is C13H20N2O5. The topological polar surface area (TPSA) is 147 Å². The van der Waals surface area contributed by atoms with Crippen molar-refractivity contribution in [2.75, 3.05) is 0 Å². The quantitative estimate of drug-likeness (QED) is 0.528. The number of rotatable bonds is 4. The van der Waals surface area contributed by atoms with Gasteiger partial charge in [0.2, 0.25) is 0 Å². The van der Waals surface area contributed by atoms with Crippen molar-refractivity contribution in [1.82, 2.24) is 0 Å². The highest BCUT2D eigenvalue weighted by atomic mass is 16.4. The Morgan fingerprint density at radius 2 is 1.60 bits per heavy atom. The van der Waals surface area contributed by atoms with Gasteiger partial charge in [0, 0.05) is 0 Å². The number of phenolic OH excluding ortho intramolecular Hbond substituents is 1. The first-order chi connectivity index (χ1) is 9.04. The summed E-state index contributed by atoms with van der Waals surface area (Å²) in [5, 5.41) is 25.6. The van der Waals surface area contributed by atoms with Crippen molar-refractivity contribution in [3.05, 3.63) is 29.8 Å². The minimum absolute atomic E-state index is 0.160. The summed E-state index contributed by atoms with van der Waals surface area (Å²) in [4.78, 5) is 20.3. The summed E-state index contributed by atoms with van der Waals surface area (Å²) in [6.45, 7) is 2.88. The summed E-state index contributed by atoms with van der Waals surface area (Å²) >= 11 is 0. The van der Waals surface area contributed by atoms with E-state index < -0.39 is 23.5 Å². The van der Waals surface area contributed by atoms with E-state index >= 15 is 0 Å². The van der Waals surface area contributed by atoms with Gasteiger partial charge in [-0.05, 0) is 38.0 Å². The Morgan fingerprint density at radius 3 is 1.90 bits per heavy atom. The molecule has 0 saturated heterocycles. The van der Waals surface area contributed by atoms with Crippen LogP contribution in [0.5, 0.6) is 5.75 Å². The van der Waals surface area contributed by atoms with Gasteiger partial charge < -0.3 is 26.8 Å². The third-order valence-electron chi connectivity index (χ3n) is 2.26. The smallest absolute Gasteiger partial charge is 0.323 e. The second-order valence-corrected chi connectivity index (χ2v) is 4.84. The van der Waals surface area contributed by atoms with Gasteiger partial charge in [0.15, 0.2) is 0 Å². The predicted molar refractivity (Wildman–Crippen MR) is 73.3 cm³/mol. The van der Waals surface area contributed by atoms with E-state index in [-0.39, 0.29) is 12.2 Å². The molecule has 0 amide bonds. The fourth-order valence-corrected chi connectivity index (χ4v) is 0.973. The molecule has 0 bridgehead atoms. The monoisotopic (exact) mass is 284 g/mol. The van der Waals surface area contributed by atoms with E-state index in [0.29, 0.717) is 0 Å². The normalized spacial score (nSPS) is 12.0. The molecule has 1 aromatic carbocycles. The van der Waals surface area contributed by atoms with Crippen molar-refractivity contribution in [1.29, 1.82) is 0 Å². The number of benzene rings is 1. The maximum absolute atomic E-state index is 10.4. The second kappa shape index (κ2) is 7.46. The lowest BCUT2D eigenvalue weighted by molar-refractivity contribution is -0.142. The summed E-state index contributed by atoms with van der Waals surface area (Å²) < 4.78 is 0. The van der Waals surface area contributed by atoms with Crippen molar-refractivity contribution in [2.24, 2.45) is 11.5 Å². The first-order valence-corrected chi connectivity index (χ1v) is 5.82. The Hall–Kier alpha value is -2.12. The fraction of sp³-hybridized carbons (Fsp3) is 0.385. The second-order valence-electron chi connectivity index (χ2n) is 4.84. The number of aromatic hydroxyl groups is 1. The van der Waals surface area contributed by atoms with Crippen LogP contribution >= 0.6 is 0 Å². The zero-order valence-corrected chi connectivity index (χ0v) is 11.4. The lowest BCUT2D eigenvalue weighted by Crippen LogP contribution is -2.41. The minimum Gasteiger partial charge on any atom is -0.508 e. The lowest BCUT2D eigenvalue weighted by Gasteiger charge is -2.09. The number of hydrogen-bond acceptors (Lipinski definition) is 5. The van der Waals surface area contributed by atoms with Crippen molar-refractivity contribution in [3.8, 4) is 5.75 Å². The number of carbonyl (C=O) groups is 2. The molecule has 20 heavy (non-hydrogen) atoms. The van der Waals surface area contributed by atoms with E-state index in [1.54, 1.807) is 12.1 Å². The van der Waals surface area contributed by atoms with Crippen LogP contribution in [0.1, 0.15) is 19.4 Å². The summed E-state index contributed by atoms with van der Waals surface area (Å²) in [7, 11) is 0. The molecule has 0 saturated carbocycles. The number of aliphatic carboxylic acids is 2. The molecule has 112 valence electrons. The van der Waals surface area contributed by atoms with Crippen LogP contribution in [0.25, 0.3) is 0 Å². The first-order valence-electron chi connectivity index (χ1n) is 5.82. The van der Waals surface area contributed by atoms with Gasteiger partial charge in [-0.2, -0.15) is 0 Å². The van der Waals surface area contributed by atoms with Crippen LogP contribution in [0.15, 0.2) is 24.3 Å². The van der Waals surface area contributed by atoms with Crippen molar-refractivity contribution in [3.63, 3.8) is 0 Å². The van der Waals surface area contributed by atoms with Crippen molar-refractivity contribution in [2.45, 2.75) is 31.8 Å². The van der Waals surface area contributed by atoms with Gasteiger partial charge >= 0.3 is 11.9 Å². The minimum atomic E-state index is -1.08. The Kier molecular flexibility index (Phi) is 6.67. The first kappa shape index (κ1) is 17.9. The van der Waals surface area contributed by atoms with Gasteiger partial charge in [-0.25, -0.2) is 0 Å². The maximum Gasteiger partial charge on any atom is 0.323 e. The van der Waals surface area contributed by atoms with E-state index in [1.165, 1.54) is 26.0 Å². The maximum atomic E-state index is 10.4.